The minimum atomic E-state index is -0.367. The van der Waals surface area contributed by atoms with Crippen molar-refractivity contribution in [3.8, 4) is 17.4 Å². The van der Waals surface area contributed by atoms with Gasteiger partial charge in [-0.3, -0.25) is 4.79 Å². The smallest absolute Gasteiger partial charge is 0.235 e. The lowest BCUT2D eigenvalue weighted by molar-refractivity contribution is -0.121. The highest BCUT2D eigenvalue weighted by Gasteiger charge is 2.47. The summed E-state index contributed by atoms with van der Waals surface area (Å²) in [5.41, 5.74) is 3.07. The van der Waals surface area contributed by atoms with E-state index in [1.807, 2.05) is 12.1 Å². The van der Waals surface area contributed by atoms with E-state index in [0.29, 0.717) is 11.3 Å². The van der Waals surface area contributed by atoms with Gasteiger partial charge >= 0.3 is 0 Å². The molecule has 2 heterocycles. The molecule has 0 radical (unpaired) electrons. The molecular weight excluding hydrogens is 276 g/mol. The highest BCUT2D eigenvalue weighted by molar-refractivity contribution is 6.06. The fourth-order valence-electron chi connectivity index (χ4n) is 3.76. The predicted octanol–water partition coefficient (Wildman–Crippen LogP) is 3.97. The van der Waals surface area contributed by atoms with E-state index in [-0.39, 0.29) is 11.3 Å². The molecule has 0 saturated heterocycles. The third kappa shape index (κ3) is 1.79. The Morgan fingerprint density at radius 3 is 2.73 bits per heavy atom. The first-order chi connectivity index (χ1) is 10.7. The van der Waals surface area contributed by atoms with Gasteiger partial charge in [-0.05, 0) is 36.6 Å². The van der Waals surface area contributed by atoms with Crippen molar-refractivity contribution < 1.29 is 9.21 Å². The second-order valence-electron chi connectivity index (χ2n) is 6.17. The van der Waals surface area contributed by atoms with Crippen LogP contribution in [-0.4, -0.2) is 5.91 Å². The quantitative estimate of drug-likeness (QED) is 0.864. The van der Waals surface area contributed by atoms with E-state index in [2.05, 4.69) is 17.5 Å². The van der Waals surface area contributed by atoms with E-state index in [4.69, 9.17) is 9.68 Å². The molecule has 2 aromatic rings. The maximum Gasteiger partial charge on any atom is 0.235 e. The van der Waals surface area contributed by atoms with E-state index in [9.17, 15) is 4.79 Å². The maximum atomic E-state index is 12.5. The predicted molar refractivity (Wildman–Crippen MR) is 82.3 cm³/mol. The molecule has 0 bridgehead atoms. The third-order valence-corrected chi connectivity index (χ3v) is 4.94. The van der Waals surface area contributed by atoms with Crippen LogP contribution in [0.3, 0.4) is 0 Å². The molecule has 4 heteroatoms. The van der Waals surface area contributed by atoms with Gasteiger partial charge in [0.25, 0.3) is 0 Å². The van der Waals surface area contributed by atoms with Gasteiger partial charge in [0.2, 0.25) is 5.91 Å². The fourth-order valence-corrected chi connectivity index (χ4v) is 3.76. The standard InChI is InChI=1S/C18H16N2O2/c19-10-12-8-16(22-11-12)13-4-5-15-14(9-13)18(17(21)20-15)6-2-1-3-7-18/h4-5,8-9,11H,1-3,6-7H2,(H,20,21). The van der Waals surface area contributed by atoms with Gasteiger partial charge in [-0.25, -0.2) is 0 Å². The minimum absolute atomic E-state index is 0.136. The van der Waals surface area contributed by atoms with Crippen molar-refractivity contribution >= 4 is 11.6 Å². The summed E-state index contributed by atoms with van der Waals surface area (Å²) in [5.74, 6) is 0.807. The van der Waals surface area contributed by atoms with E-state index in [1.54, 1.807) is 6.07 Å². The molecule has 0 atom stereocenters. The zero-order valence-electron chi connectivity index (χ0n) is 12.2. The number of furan rings is 1. The molecule has 2 aliphatic rings. The number of anilines is 1. The first-order valence-electron chi connectivity index (χ1n) is 7.68. The fraction of sp³-hybridized carbons (Fsp3) is 0.333. The number of carbonyl (C=O) groups is 1. The Morgan fingerprint density at radius 1 is 1.18 bits per heavy atom. The van der Waals surface area contributed by atoms with Crippen molar-refractivity contribution in [2.75, 3.05) is 5.32 Å². The van der Waals surface area contributed by atoms with Gasteiger partial charge in [-0.2, -0.15) is 5.26 Å². The lowest BCUT2D eigenvalue weighted by atomic mass is 9.70. The summed E-state index contributed by atoms with van der Waals surface area (Å²) >= 11 is 0. The number of fused-ring (bicyclic) bond motifs is 2. The minimum Gasteiger partial charge on any atom is -0.463 e. The van der Waals surface area contributed by atoms with Crippen LogP contribution in [0.5, 0.6) is 0 Å². The molecule has 1 spiro atoms. The van der Waals surface area contributed by atoms with Crippen molar-refractivity contribution in [1.29, 1.82) is 5.26 Å². The average molecular weight is 292 g/mol. The molecule has 4 nitrogen and oxygen atoms in total. The van der Waals surface area contributed by atoms with E-state index < -0.39 is 0 Å². The van der Waals surface area contributed by atoms with Crippen LogP contribution in [0, 0.1) is 11.3 Å². The van der Waals surface area contributed by atoms with Crippen molar-refractivity contribution in [1.82, 2.24) is 0 Å². The van der Waals surface area contributed by atoms with Gasteiger partial charge in [0, 0.05) is 17.3 Å². The molecule has 1 fully saturated rings. The average Bonchev–Trinajstić information content (AvgIpc) is 3.13. The molecular formula is C18H16N2O2. The van der Waals surface area contributed by atoms with Crippen molar-refractivity contribution in [2.24, 2.45) is 0 Å². The summed E-state index contributed by atoms with van der Waals surface area (Å²) in [5, 5.41) is 12.0. The van der Waals surface area contributed by atoms with Crippen molar-refractivity contribution in [3.05, 3.63) is 41.7 Å². The Morgan fingerprint density at radius 2 is 2.00 bits per heavy atom. The number of benzene rings is 1. The lowest BCUT2D eigenvalue weighted by Gasteiger charge is -2.31. The summed E-state index contributed by atoms with van der Waals surface area (Å²) in [4.78, 5) is 12.5. The number of nitrogens with one attached hydrogen (secondary N) is 1. The Hall–Kier alpha value is -2.54. The number of hydrogen-bond acceptors (Lipinski definition) is 3. The highest BCUT2D eigenvalue weighted by atomic mass is 16.3. The lowest BCUT2D eigenvalue weighted by Crippen LogP contribution is -2.36. The zero-order chi connectivity index (χ0) is 15.2. The Bertz CT molecular complexity index is 792. The Kier molecular flexibility index (Phi) is 2.83. The molecule has 110 valence electrons. The van der Waals surface area contributed by atoms with Crippen LogP contribution in [0.25, 0.3) is 11.3 Å². The molecule has 1 aromatic heterocycles. The zero-order valence-corrected chi connectivity index (χ0v) is 12.2. The van der Waals surface area contributed by atoms with Crippen LogP contribution in [0.1, 0.15) is 43.2 Å². The Balaban J connectivity index is 1.81. The topological polar surface area (TPSA) is 66.0 Å². The Labute approximate surface area is 128 Å². The summed E-state index contributed by atoms with van der Waals surface area (Å²) in [6, 6.07) is 9.74. The largest absolute Gasteiger partial charge is 0.463 e. The van der Waals surface area contributed by atoms with Gasteiger partial charge < -0.3 is 9.73 Å². The van der Waals surface area contributed by atoms with E-state index in [1.165, 1.54) is 12.7 Å². The molecule has 1 saturated carbocycles. The van der Waals surface area contributed by atoms with Gasteiger partial charge in [0.15, 0.2) is 0 Å². The molecule has 22 heavy (non-hydrogen) atoms. The first-order valence-corrected chi connectivity index (χ1v) is 7.68. The van der Waals surface area contributed by atoms with Gasteiger partial charge in [-0.1, -0.05) is 19.3 Å². The second kappa shape index (κ2) is 4.74. The van der Waals surface area contributed by atoms with Gasteiger partial charge in [0.05, 0.1) is 11.0 Å². The molecule has 1 aliphatic heterocycles. The number of nitriles is 1. The maximum absolute atomic E-state index is 12.5. The van der Waals surface area contributed by atoms with Crippen LogP contribution in [0.2, 0.25) is 0 Å². The highest BCUT2D eigenvalue weighted by Crippen LogP contribution is 2.48. The summed E-state index contributed by atoms with van der Waals surface area (Å²) < 4.78 is 5.48. The third-order valence-electron chi connectivity index (χ3n) is 4.94. The SMILES string of the molecule is N#Cc1coc(-c2ccc3c(c2)C2(CCCCC2)C(=O)N3)c1. The summed E-state index contributed by atoms with van der Waals surface area (Å²) in [6.45, 7) is 0. The number of carbonyl (C=O) groups excluding carboxylic acids is 1. The van der Waals surface area contributed by atoms with Crippen LogP contribution in [0.15, 0.2) is 34.9 Å². The first kappa shape index (κ1) is 13.1. The van der Waals surface area contributed by atoms with Crippen LogP contribution < -0.4 is 5.32 Å². The number of nitrogens with zero attached hydrogens (tertiary/aromatic N) is 1. The van der Waals surface area contributed by atoms with Gasteiger partial charge in [0.1, 0.15) is 18.1 Å². The van der Waals surface area contributed by atoms with Crippen molar-refractivity contribution in [2.45, 2.75) is 37.5 Å². The molecule has 1 aliphatic carbocycles. The number of rotatable bonds is 1. The van der Waals surface area contributed by atoms with Crippen LogP contribution in [-0.2, 0) is 10.2 Å². The summed E-state index contributed by atoms with van der Waals surface area (Å²) in [6.07, 6.45) is 6.68. The monoisotopic (exact) mass is 292 g/mol. The molecule has 1 aromatic carbocycles. The second-order valence-corrected chi connectivity index (χ2v) is 6.17. The number of amides is 1. The molecule has 4 rings (SSSR count). The molecule has 1 N–H and O–H groups in total. The van der Waals surface area contributed by atoms with E-state index >= 15 is 0 Å². The number of hydrogen-bond donors (Lipinski definition) is 1. The van der Waals surface area contributed by atoms with E-state index in [0.717, 1.165) is 42.5 Å². The molecule has 1 amide bonds. The van der Waals surface area contributed by atoms with Crippen molar-refractivity contribution in [3.63, 3.8) is 0 Å². The van der Waals surface area contributed by atoms with Gasteiger partial charge in [-0.15, -0.1) is 0 Å². The normalized spacial score (nSPS) is 18.8. The summed E-state index contributed by atoms with van der Waals surface area (Å²) in [7, 11) is 0. The van der Waals surface area contributed by atoms with Crippen LogP contribution >= 0.6 is 0 Å². The molecule has 0 unspecified atom stereocenters. The van der Waals surface area contributed by atoms with Crippen LogP contribution in [0.4, 0.5) is 5.69 Å².